The van der Waals surface area contributed by atoms with Crippen molar-refractivity contribution in [2.24, 2.45) is 5.92 Å². The molecule has 1 aromatic carbocycles. The number of unbranched alkanes of at least 4 members (excludes halogenated alkanes) is 9. The predicted molar refractivity (Wildman–Crippen MR) is 124 cm³/mol. The van der Waals surface area contributed by atoms with Gasteiger partial charge in [0.15, 0.2) is 0 Å². The molecule has 0 heterocycles. The Morgan fingerprint density at radius 2 is 1.43 bits per heavy atom. The molecular weight excluding hydrogens is 340 g/mol. The maximum atomic E-state index is 5.91. The van der Waals surface area contributed by atoms with E-state index in [1.165, 1.54) is 102 Å². The summed E-state index contributed by atoms with van der Waals surface area (Å²) in [5.41, 5.74) is 2.94. The topological polar surface area (TPSA) is 9.23 Å². The van der Waals surface area contributed by atoms with Gasteiger partial charge in [0.25, 0.3) is 0 Å². The molecule has 0 N–H and O–H groups in total. The molecule has 1 nitrogen and oxygen atoms in total. The fourth-order valence-electron chi connectivity index (χ4n) is 4.29. The standard InChI is InChI=1S/C27H44O/c1-3-5-7-9-10-12-14-24-15-17-25(18-16-24)26-19-21-27(22-20-26)28-23-13-11-8-6-4-2/h17,19-22,24H,3-16,18,23H2,1-2H3. The normalized spacial score (nSPS) is 16.8. The van der Waals surface area contributed by atoms with Crippen LogP contribution in [-0.4, -0.2) is 6.61 Å². The third kappa shape index (κ3) is 9.30. The molecule has 1 unspecified atom stereocenters. The Morgan fingerprint density at radius 1 is 0.786 bits per heavy atom. The highest BCUT2D eigenvalue weighted by molar-refractivity contribution is 5.66. The SMILES string of the molecule is CCCCCCCCC1CC=C(c2ccc(OCCCCCCC)cc2)CC1. The molecule has 28 heavy (non-hydrogen) atoms. The van der Waals surface area contributed by atoms with Crippen molar-refractivity contribution in [1.29, 1.82) is 0 Å². The van der Waals surface area contributed by atoms with Crippen LogP contribution in [-0.2, 0) is 0 Å². The Morgan fingerprint density at radius 3 is 2.07 bits per heavy atom. The van der Waals surface area contributed by atoms with Gasteiger partial charge in [0.05, 0.1) is 6.61 Å². The Bertz CT molecular complexity index is 528. The molecule has 0 saturated carbocycles. The van der Waals surface area contributed by atoms with Crippen LogP contribution in [0.5, 0.6) is 5.75 Å². The van der Waals surface area contributed by atoms with Crippen molar-refractivity contribution in [1.82, 2.24) is 0 Å². The molecule has 0 aliphatic heterocycles. The van der Waals surface area contributed by atoms with E-state index in [-0.39, 0.29) is 0 Å². The molecule has 2 rings (SSSR count). The number of ether oxygens (including phenoxy) is 1. The quantitative estimate of drug-likeness (QED) is 0.274. The number of hydrogen-bond acceptors (Lipinski definition) is 1. The largest absolute Gasteiger partial charge is 0.494 e. The summed E-state index contributed by atoms with van der Waals surface area (Å²) < 4.78 is 5.91. The summed E-state index contributed by atoms with van der Waals surface area (Å²) in [5, 5.41) is 0. The van der Waals surface area contributed by atoms with Crippen molar-refractivity contribution in [2.75, 3.05) is 6.61 Å². The van der Waals surface area contributed by atoms with E-state index >= 15 is 0 Å². The van der Waals surface area contributed by atoms with Gasteiger partial charge in [-0.15, -0.1) is 0 Å². The maximum Gasteiger partial charge on any atom is 0.119 e. The predicted octanol–water partition coefficient (Wildman–Crippen LogP) is 8.97. The van der Waals surface area contributed by atoms with Crippen molar-refractivity contribution in [3.05, 3.63) is 35.9 Å². The lowest BCUT2D eigenvalue weighted by Gasteiger charge is -2.22. The van der Waals surface area contributed by atoms with Gasteiger partial charge in [0, 0.05) is 0 Å². The Kier molecular flexibility index (Phi) is 12.1. The third-order valence-electron chi connectivity index (χ3n) is 6.23. The van der Waals surface area contributed by atoms with Gasteiger partial charge in [-0.1, -0.05) is 103 Å². The van der Waals surface area contributed by atoms with E-state index in [4.69, 9.17) is 4.74 Å². The smallest absolute Gasteiger partial charge is 0.119 e. The minimum Gasteiger partial charge on any atom is -0.494 e. The van der Waals surface area contributed by atoms with Crippen LogP contribution in [0, 0.1) is 5.92 Å². The number of allylic oxidation sites excluding steroid dienone is 2. The van der Waals surface area contributed by atoms with Gasteiger partial charge in [-0.3, -0.25) is 0 Å². The maximum absolute atomic E-state index is 5.91. The first kappa shape index (κ1) is 23.0. The fraction of sp³-hybridized carbons (Fsp3) is 0.704. The van der Waals surface area contributed by atoms with Gasteiger partial charge in [-0.2, -0.15) is 0 Å². The lowest BCUT2D eigenvalue weighted by Crippen LogP contribution is -2.05. The number of benzene rings is 1. The molecule has 0 aromatic heterocycles. The molecule has 0 fully saturated rings. The molecule has 1 heteroatoms. The zero-order valence-corrected chi connectivity index (χ0v) is 18.7. The van der Waals surface area contributed by atoms with Crippen LogP contribution < -0.4 is 4.74 Å². The van der Waals surface area contributed by atoms with E-state index in [9.17, 15) is 0 Å². The fourth-order valence-corrected chi connectivity index (χ4v) is 4.29. The van der Waals surface area contributed by atoms with Gasteiger partial charge >= 0.3 is 0 Å². The zero-order valence-electron chi connectivity index (χ0n) is 18.7. The lowest BCUT2D eigenvalue weighted by atomic mass is 9.84. The second-order valence-corrected chi connectivity index (χ2v) is 8.71. The Hall–Kier alpha value is -1.24. The van der Waals surface area contributed by atoms with Crippen molar-refractivity contribution in [3.8, 4) is 5.75 Å². The number of rotatable bonds is 15. The molecule has 158 valence electrons. The van der Waals surface area contributed by atoms with E-state index in [2.05, 4.69) is 44.2 Å². The minimum absolute atomic E-state index is 0.853. The van der Waals surface area contributed by atoms with Crippen LogP contribution in [0.3, 0.4) is 0 Å². The summed E-state index contributed by atoms with van der Waals surface area (Å²) in [5.74, 6) is 1.95. The van der Waals surface area contributed by atoms with Gasteiger partial charge in [-0.05, 0) is 54.9 Å². The summed E-state index contributed by atoms with van der Waals surface area (Å²) in [7, 11) is 0. The van der Waals surface area contributed by atoms with Crippen molar-refractivity contribution < 1.29 is 4.74 Å². The molecule has 0 bridgehead atoms. The third-order valence-corrected chi connectivity index (χ3v) is 6.23. The molecule has 0 radical (unpaired) electrons. The van der Waals surface area contributed by atoms with Gasteiger partial charge in [-0.25, -0.2) is 0 Å². The van der Waals surface area contributed by atoms with Crippen molar-refractivity contribution >= 4 is 5.57 Å². The highest BCUT2D eigenvalue weighted by atomic mass is 16.5. The molecule has 0 spiro atoms. The van der Waals surface area contributed by atoms with E-state index in [0.29, 0.717) is 0 Å². The van der Waals surface area contributed by atoms with Crippen LogP contribution in [0.1, 0.15) is 116 Å². The second-order valence-electron chi connectivity index (χ2n) is 8.71. The molecule has 0 amide bonds. The molecule has 1 atom stereocenters. The Balaban J connectivity index is 1.63. The van der Waals surface area contributed by atoms with Crippen LogP contribution in [0.2, 0.25) is 0 Å². The van der Waals surface area contributed by atoms with Gasteiger partial charge in [0.2, 0.25) is 0 Å². The van der Waals surface area contributed by atoms with Crippen LogP contribution in [0.25, 0.3) is 5.57 Å². The summed E-state index contributed by atoms with van der Waals surface area (Å²) >= 11 is 0. The van der Waals surface area contributed by atoms with Gasteiger partial charge < -0.3 is 4.74 Å². The first-order chi connectivity index (χ1) is 13.8. The van der Waals surface area contributed by atoms with Crippen LogP contribution in [0.4, 0.5) is 0 Å². The van der Waals surface area contributed by atoms with E-state index in [1.54, 1.807) is 5.57 Å². The number of hydrogen-bond donors (Lipinski definition) is 0. The second kappa shape index (κ2) is 14.7. The van der Waals surface area contributed by atoms with Crippen molar-refractivity contribution in [2.45, 2.75) is 110 Å². The molecule has 0 saturated heterocycles. The zero-order chi connectivity index (χ0) is 19.9. The average molecular weight is 385 g/mol. The Labute approximate surface area is 175 Å². The van der Waals surface area contributed by atoms with E-state index in [1.807, 2.05) is 0 Å². The molecule has 1 aliphatic rings. The molecule has 1 aliphatic carbocycles. The highest BCUT2D eigenvalue weighted by Gasteiger charge is 2.15. The summed E-state index contributed by atoms with van der Waals surface area (Å²) in [6, 6.07) is 8.83. The monoisotopic (exact) mass is 384 g/mol. The molecular formula is C27H44O. The summed E-state index contributed by atoms with van der Waals surface area (Å²) in [4.78, 5) is 0. The van der Waals surface area contributed by atoms with Gasteiger partial charge in [0.1, 0.15) is 5.75 Å². The summed E-state index contributed by atoms with van der Waals surface area (Å²) in [6.45, 7) is 5.41. The van der Waals surface area contributed by atoms with Crippen LogP contribution in [0.15, 0.2) is 30.3 Å². The highest BCUT2D eigenvalue weighted by Crippen LogP contribution is 2.33. The lowest BCUT2D eigenvalue weighted by molar-refractivity contribution is 0.304. The average Bonchev–Trinajstić information content (AvgIpc) is 2.74. The minimum atomic E-state index is 0.853. The summed E-state index contributed by atoms with van der Waals surface area (Å²) in [6.07, 6.45) is 22.8. The molecule has 1 aromatic rings. The van der Waals surface area contributed by atoms with E-state index in [0.717, 1.165) is 18.3 Å². The van der Waals surface area contributed by atoms with Crippen LogP contribution >= 0.6 is 0 Å². The first-order valence-electron chi connectivity index (χ1n) is 12.3. The van der Waals surface area contributed by atoms with Crippen molar-refractivity contribution in [3.63, 3.8) is 0 Å². The first-order valence-corrected chi connectivity index (χ1v) is 12.3. The van der Waals surface area contributed by atoms with E-state index < -0.39 is 0 Å².